The van der Waals surface area contributed by atoms with Gasteiger partial charge in [-0.25, -0.2) is 0 Å². The maximum absolute atomic E-state index is 5.72. The van der Waals surface area contributed by atoms with Crippen molar-refractivity contribution in [2.45, 2.75) is 26.3 Å². The zero-order valence-electron chi connectivity index (χ0n) is 11.3. The minimum atomic E-state index is 0.586. The number of quaternary nitrogens is 1. The van der Waals surface area contributed by atoms with Gasteiger partial charge in [-0.05, 0) is 25.0 Å². The van der Waals surface area contributed by atoms with Crippen molar-refractivity contribution in [3.05, 3.63) is 42.5 Å². The van der Waals surface area contributed by atoms with E-state index in [1.54, 1.807) is 11.0 Å². The molecule has 1 aliphatic rings. The molecule has 0 bridgehead atoms. The molecule has 1 aromatic rings. The topological polar surface area (TPSA) is 13.7 Å². The molecule has 1 N–H and O–H groups in total. The van der Waals surface area contributed by atoms with Gasteiger partial charge in [0.05, 0.1) is 13.1 Å². The summed E-state index contributed by atoms with van der Waals surface area (Å²) in [5, 5.41) is 0. The van der Waals surface area contributed by atoms with E-state index in [0.717, 1.165) is 18.2 Å². The van der Waals surface area contributed by atoms with Crippen LogP contribution in [0.25, 0.3) is 0 Å². The average molecular weight is 246 g/mol. The zero-order chi connectivity index (χ0) is 12.8. The third-order valence-electron chi connectivity index (χ3n) is 3.63. The van der Waals surface area contributed by atoms with E-state index in [-0.39, 0.29) is 0 Å². The van der Waals surface area contributed by atoms with E-state index in [4.69, 9.17) is 4.74 Å². The molecule has 2 heteroatoms. The predicted octanol–water partition coefficient (Wildman–Crippen LogP) is 2.07. The van der Waals surface area contributed by atoms with E-state index in [2.05, 4.69) is 31.7 Å². The fraction of sp³-hybridized carbons (Fsp3) is 0.500. The first kappa shape index (κ1) is 13.2. The molecule has 0 aliphatic carbocycles. The lowest BCUT2D eigenvalue weighted by atomic mass is 10.00. The Kier molecular flexibility index (Phi) is 4.82. The molecule has 2 nitrogen and oxygen atoms in total. The van der Waals surface area contributed by atoms with E-state index in [9.17, 15) is 0 Å². The molecule has 1 aliphatic heterocycles. The van der Waals surface area contributed by atoms with E-state index in [0.29, 0.717) is 6.61 Å². The van der Waals surface area contributed by atoms with Gasteiger partial charge in [0.1, 0.15) is 18.9 Å². The molecule has 1 saturated heterocycles. The van der Waals surface area contributed by atoms with Crippen molar-refractivity contribution in [1.82, 2.24) is 0 Å². The van der Waals surface area contributed by atoms with Gasteiger partial charge in [-0.3, -0.25) is 0 Å². The summed E-state index contributed by atoms with van der Waals surface area (Å²) in [6, 6.07) is 8.38. The average Bonchev–Trinajstić information content (AvgIpc) is 2.38. The Hall–Kier alpha value is -1.28. The SMILES string of the molecule is C=CCOc1ccccc1C[NH+]1CCC[C@H](C)C1. The van der Waals surface area contributed by atoms with Gasteiger partial charge in [0.2, 0.25) is 0 Å². The summed E-state index contributed by atoms with van der Waals surface area (Å²) >= 11 is 0. The molecule has 18 heavy (non-hydrogen) atoms. The summed E-state index contributed by atoms with van der Waals surface area (Å²) in [5.41, 5.74) is 1.32. The number of hydrogen-bond acceptors (Lipinski definition) is 1. The highest BCUT2D eigenvalue weighted by Crippen LogP contribution is 2.17. The van der Waals surface area contributed by atoms with Gasteiger partial charge in [0.25, 0.3) is 0 Å². The molecule has 1 heterocycles. The lowest BCUT2D eigenvalue weighted by molar-refractivity contribution is -0.922. The molecule has 0 aromatic heterocycles. The van der Waals surface area contributed by atoms with Gasteiger partial charge < -0.3 is 9.64 Å². The monoisotopic (exact) mass is 246 g/mol. The Balaban J connectivity index is 2.01. The lowest BCUT2D eigenvalue weighted by Crippen LogP contribution is -3.12. The van der Waals surface area contributed by atoms with E-state index in [1.165, 1.54) is 31.5 Å². The standard InChI is InChI=1S/C16H23NO/c1-3-11-18-16-9-5-4-8-15(16)13-17-10-6-7-14(2)12-17/h3-5,8-9,14H,1,6-7,10-13H2,2H3/p+1/t14-/m0/s1. The summed E-state index contributed by atoms with van der Waals surface area (Å²) in [4.78, 5) is 1.68. The quantitative estimate of drug-likeness (QED) is 0.785. The molecule has 0 amide bonds. The van der Waals surface area contributed by atoms with E-state index < -0.39 is 0 Å². The molecular formula is C16H24NO+. The van der Waals surface area contributed by atoms with Gasteiger partial charge in [0, 0.05) is 11.5 Å². The number of piperidine rings is 1. The molecular weight excluding hydrogens is 222 g/mol. The molecule has 0 saturated carbocycles. The fourth-order valence-electron chi connectivity index (χ4n) is 2.77. The van der Waals surface area contributed by atoms with E-state index >= 15 is 0 Å². The normalized spacial score (nSPS) is 23.6. The highest BCUT2D eigenvalue weighted by Gasteiger charge is 2.20. The summed E-state index contributed by atoms with van der Waals surface area (Å²) in [7, 11) is 0. The summed E-state index contributed by atoms with van der Waals surface area (Å²) in [5.74, 6) is 1.87. The third-order valence-corrected chi connectivity index (χ3v) is 3.63. The number of nitrogens with one attached hydrogen (secondary N) is 1. The predicted molar refractivity (Wildman–Crippen MR) is 74.9 cm³/mol. The van der Waals surface area contributed by atoms with Crippen LogP contribution in [0.5, 0.6) is 5.75 Å². The first-order chi connectivity index (χ1) is 8.79. The number of hydrogen-bond donors (Lipinski definition) is 1. The van der Waals surface area contributed by atoms with Crippen molar-refractivity contribution in [1.29, 1.82) is 0 Å². The van der Waals surface area contributed by atoms with Crippen LogP contribution in [0.3, 0.4) is 0 Å². The minimum Gasteiger partial charge on any atom is -0.489 e. The number of para-hydroxylation sites is 1. The van der Waals surface area contributed by atoms with Crippen molar-refractivity contribution in [3.63, 3.8) is 0 Å². The molecule has 1 fully saturated rings. The number of ether oxygens (including phenoxy) is 1. The Morgan fingerprint density at radius 3 is 3.06 bits per heavy atom. The van der Waals surface area contributed by atoms with Gasteiger partial charge in [-0.1, -0.05) is 31.7 Å². The summed E-state index contributed by atoms with van der Waals surface area (Å²) < 4.78 is 5.72. The van der Waals surface area contributed by atoms with Crippen LogP contribution in [0, 0.1) is 5.92 Å². The molecule has 1 unspecified atom stereocenters. The Bertz CT molecular complexity index is 388. The molecule has 2 rings (SSSR count). The Labute approximate surface area is 110 Å². The Morgan fingerprint density at radius 1 is 1.44 bits per heavy atom. The first-order valence-electron chi connectivity index (χ1n) is 6.94. The molecule has 1 aromatic carbocycles. The smallest absolute Gasteiger partial charge is 0.128 e. The van der Waals surface area contributed by atoms with E-state index in [1.807, 2.05) is 6.07 Å². The van der Waals surface area contributed by atoms with Crippen molar-refractivity contribution < 1.29 is 9.64 Å². The molecule has 98 valence electrons. The van der Waals surface area contributed by atoms with Crippen LogP contribution in [-0.4, -0.2) is 19.7 Å². The first-order valence-corrected chi connectivity index (χ1v) is 6.94. The van der Waals surface area contributed by atoms with Crippen molar-refractivity contribution >= 4 is 0 Å². The van der Waals surface area contributed by atoms with Crippen LogP contribution in [0.15, 0.2) is 36.9 Å². The van der Waals surface area contributed by atoms with Gasteiger partial charge in [-0.15, -0.1) is 0 Å². The van der Waals surface area contributed by atoms with Crippen molar-refractivity contribution in [3.8, 4) is 5.75 Å². The van der Waals surface area contributed by atoms with Gasteiger partial charge >= 0.3 is 0 Å². The van der Waals surface area contributed by atoms with Crippen LogP contribution < -0.4 is 9.64 Å². The van der Waals surface area contributed by atoms with Crippen LogP contribution in [0.1, 0.15) is 25.3 Å². The fourth-order valence-corrected chi connectivity index (χ4v) is 2.77. The number of rotatable bonds is 5. The maximum Gasteiger partial charge on any atom is 0.128 e. The summed E-state index contributed by atoms with van der Waals surface area (Å²) in [6.07, 6.45) is 4.54. The zero-order valence-corrected chi connectivity index (χ0v) is 11.3. The molecule has 2 atom stereocenters. The second-order valence-corrected chi connectivity index (χ2v) is 5.34. The highest BCUT2D eigenvalue weighted by molar-refractivity contribution is 5.32. The van der Waals surface area contributed by atoms with Crippen LogP contribution in [0.4, 0.5) is 0 Å². The summed E-state index contributed by atoms with van der Waals surface area (Å²) in [6.45, 7) is 10.3. The number of likely N-dealkylation sites (tertiary alicyclic amines) is 1. The lowest BCUT2D eigenvalue weighted by Gasteiger charge is -2.28. The highest BCUT2D eigenvalue weighted by atomic mass is 16.5. The molecule has 0 radical (unpaired) electrons. The van der Waals surface area contributed by atoms with Crippen LogP contribution >= 0.6 is 0 Å². The second-order valence-electron chi connectivity index (χ2n) is 5.34. The van der Waals surface area contributed by atoms with Crippen molar-refractivity contribution in [2.75, 3.05) is 19.7 Å². The third kappa shape index (κ3) is 3.61. The minimum absolute atomic E-state index is 0.586. The largest absolute Gasteiger partial charge is 0.489 e. The van der Waals surface area contributed by atoms with Crippen molar-refractivity contribution in [2.24, 2.45) is 5.92 Å². The Morgan fingerprint density at radius 2 is 2.28 bits per heavy atom. The number of benzene rings is 1. The van der Waals surface area contributed by atoms with Gasteiger partial charge in [-0.2, -0.15) is 0 Å². The molecule has 0 spiro atoms. The van der Waals surface area contributed by atoms with Crippen LogP contribution in [0.2, 0.25) is 0 Å². The van der Waals surface area contributed by atoms with Crippen LogP contribution in [-0.2, 0) is 6.54 Å². The van der Waals surface area contributed by atoms with Gasteiger partial charge in [0.15, 0.2) is 0 Å². The second kappa shape index (κ2) is 6.60. The maximum atomic E-state index is 5.72.